The normalized spacial score (nSPS) is 76.9. The van der Waals surface area contributed by atoms with Crippen LogP contribution in [0.5, 0.6) is 5.75 Å². The average Bonchev–Trinajstić information content (AvgIpc) is 3.45. The first-order valence-corrected chi connectivity index (χ1v) is 12.6. The maximum absolute atomic E-state index is 6.73. The van der Waals surface area contributed by atoms with Gasteiger partial charge in [0.05, 0.1) is 6.61 Å². The molecule has 1 aromatic carbocycles. The summed E-state index contributed by atoms with van der Waals surface area (Å²) < 4.78 is 6.73. The molecule has 0 N–H and O–H groups in total. The molecule has 0 amide bonds. The van der Waals surface area contributed by atoms with Crippen molar-refractivity contribution in [1.82, 2.24) is 0 Å². The van der Waals surface area contributed by atoms with Gasteiger partial charge in [-0.05, 0) is 126 Å². The molecule has 1 nitrogen and oxygen atoms in total. The summed E-state index contributed by atoms with van der Waals surface area (Å²) in [5.74, 6) is 21.0. The second-order valence-electron chi connectivity index (χ2n) is 13.2. The lowest BCUT2D eigenvalue weighted by Gasteiger charge is -2.42. The van der Waals surface area contributed by atoms with Crippen LogP contribution in [-0.4, -0.2) is 6.61 Å². The molecule has 10 aliphatic carbocycles. The molecule has 10 aliphatic rings. The van der Waals surface area contributed by atoms with E-state index in [1.165, 1.54) is 59.2 Å². The molecule has 18 atom stereocenters. The number of benzene rings is 1. The highest BCUT2D eigenvalue weighted by molar-refractivity contribution is 5.42. The quantitative estimate of drug-likeness (QED) is 0.766. The number of hydrogen-bond acceptors (Lipinski definition) is 1. The molecular weight excluding hydrogens is 340 g/mol. The van der Waals surface area contributed by atoms with Gasteiger partial charge in [0.1, 0.15) is 5.75 Å². The number of fused-ring (bicyclic) bond motifs is 4. The van der Waals surface area contributed by atoms with Gasteiger partial charge < -0.3 is 4.74 Å². The van der Waals surface area contributed by atoms with E-state index in [1.54, 1.807) is 12.8 Å². The van der Waals surface area contributed by atoms with Crippen LogP contribution in [0.4, 0.5) is 0 Å². The van der Waals surface area contributed by atoms with Crippen LogP contribution in [0.25, 0.3) is 0 Å². The summed E-state index contributed by atoms with van der Waals surface area (Å²) in [6.45, 7) is 1.09. The van der Waals surface area contributed by atoms with Crippen molar-refractivity contribution in [3.05, 3.63) is 30.3 Å². The molecule has 4 unspecified atom stereocenters. The number of ether oxygens (including phenoxy) is 1. The summed E-state index contributed by atoms with van der Waals surface area (Å²) in [5, 5.41) is 0. The molecule has 0 heterocycles. The van der Waals surface area contributed by atoms with Gasteiger partial charge in [0, 0.05) is 5.41 Å². The van der Waals surface area contributed by atoms with Gasteiger partial charge in [-0.3, -0.25) is 0 Å². The van der Waals surface area contributed by atoms with E-state index in [9.17, 15) is 0 Å². The lowest BCUT2D eigenvalue weighted by Crippen LogP contribution is -2.42. The molecular formula is C27H28O. The minimum Gasteiger partial charge on any atom is -0.493 e. The van der Waals surface area contributed by atoms with E-state index < -0.39 is 0 Å². The highest BCUT2D eigenvalue weighted by Gasteiger charge is 2.96. The maximum atomic E-state index is 6.73. The Labute approximate surface area is 166 Å². The Kier molecular flexibility index (Phi) is 1.68. The topological polar surface area (TPSA) is 9.23 Å². The molecule has 0 bridgehead atoms. The fourth-order valence-corrected chi connectivity index (χ4v) is 15.5. The molecule has 11 rings (SSSR count). The number of hydrogen-bond donors (Lipinski definition) is 0. The largest absolute Gasteiger partial charge is 0.493 e. The van der Waals surface area contributed by atoms with E-state index in [4.69, 9.17) is 4.74 Å². The first kappa shape index (κ1) is 13.3. The summed E-state index contributed by atoms with van der Waals surface area (Å²) in [6.07, 6.45) is 3.34. The van der Waals surface area contributed by atoms with E-state index in [-0.39, 0.29) is 0 Å². The highest BCUT2D eigenvalue weighted by atomic mass is 16.5. The number of rotatable bonds is 3. The Morgan fingerprint density at radius 1 is 0.607 bits per heavy atom. The van der Waals surface area contributed by atoms with Crippen molar-refractivity contribution in [1.29, 1.82) is 0 Å². The zero-order chi connectivity index (χ0) is 17.3. The Morgan fingerprint density at radius 2 is 1.21 bits per heavy atom. The summed E-state index contributed by atoms with van der Waals surface area (Å²) in [7, 11) is 0. The van der Waals surface area contributed by atoms with Crippen molar-refractivity contribution in [3.63, 3.8) is 0 Å². The van der Waals surface area contributed by atoms with Gasteiger partial charge in [0.2, 0.25) is 0 Å². The van der Waals surface area contributed by atoms with Gasteiger partial charge in [-0.2, -0.15) is 0 Å². The third-order valence-corrected chi connectivity index (χ3v) is 14.2. The van der Waals surface area contributed by atoms with Crippen molar-refractivity contribution in [2.45, 2.75) is 12.8 Å². The Morgan fingerprint density at radius 3 is 1.86 bits per heavy atom. The van der Waals surface area contributed by atoms with Gasteiger partial charge in [-0.1, -0.05) is 18.2 Å². The monoisotopic (exact) mass is 368 g/mol. The van der Waals surface area contributed by atoms with Crippen LogP contribution < -0.4 is 4.74 Å². The van der Waals surface area contributed by atoms with Crippen molar-refractivity contribution >= 4 is 0 Å². The predicted octanol–water partition coefficient (Wildman–Crippen LogP) is 4.44. The van der Waals surface area contributed by atoms with Crippen molar-refractivity contribution < 1.29 is 4.74 Å². The average molecular weight is 369 g/mol. The molecule has 0 aromatic heterocycles. The molecule has 0 radical (unpaired) electrons. The van der Waals surface area contributed by atoms with E-state index in [0.717, 1.165) is 53.8 Å². The molecule has 0 saturated heterocycles. The third-order valence-electron chi connectivity index (χ3n) is 14.2. The van der Waals surface area contributed by atoms with Gasteiger partial charge in [-0.15, -0.1) is 0 Å². The van der Waals surface area contributed by atoms with Crippen molar-refractivity contribution in [2.75, 3.05) is 6.61 Å². The third kappa shape index (κ3) is 0.895. The lowest BCUT2D eigenvalue weighted by atomic mass is 9.63. The van der Waals surface area contributed by atoms with Crippen LogP contribution in [-0.2, 0) is 0 Å². The molecule has 10 fully saturated rings. The van der Waals surface area contributed by atoms with Crippen LogP contribution in [0.15, 0.2) is 30.3 Å². The van der Waals surface area contributed by atoms with Gasteiger partial charge in [0.25, 0.3) is 0 Å². The summed E-state index contributed by atoms with van der Waals surface area (Å²) in [5.41, 5.74) is 0.612. The van der Waals surface area contributed by atoms with Crippen LogP contribution in [0.1, 0.15) is 12.8 Å². The van der Waals surface area contributed by atoms with Crippen LogP contribution >= 0.6 is 0 Å². The lowest BCUT2D eigenvalue weighted by molar-refractivity contribution is 0.0116. The van der Waals surface area contributed by atoms with Crippen molar-refractivity contribution in [2.24, 2.45) is 106 Å². The first-order valence-electron chi connectivity index (χ1n) is 12.6. The minimum atomic E-state index is 0.612. The molecule has 28 heavy (non-hydrogen) atoms. The Bertz CT molecular complexity index is 926. The van der Waals surface area contributed by atoms with E-state index in [2.05, 4.69) is 30.3 Å². The summed E-state index contributed by atoms with van der Waals surface area (Å²) in [6, 6.07) is 10.9. The molecule has 1 heteroatoms. The maximum Gasteiger partial charge on any atom is 0.119 e. The zero-order valence-corrected chi connectivity index (χ0v) is 16.2. The van der Waals surface area contributed by atoms with E-state index in [0.29, 0.717) is 5.41 Å². The molecule has 0 spiro atoms. The molecule has 10 saturated carbocycles. The fraction of sp³-hybridized carbons (Fsp3) is 0.778. The van der Waals surface area contributed by atoms with Crippen LogP contribution in [0, 0.1) is 106 Å². The van der Waals surface area contributed by atoms with Crippen LogP contribution in [0.2, 0.25) is 0 Å². The molecule has 142 valence electrons. The van der Waals surface area contributed by atoms with Crippen LogP contribution in [0.3, 0.4) is 0 Å². The second kappa shape index (κ2) is 3.52. The Hall–Kier alpha value is -0.980. The standard InChI is InChI=1S/C27H28O/c1-2-4-9(5-3-1)28-8-27-24-12-6-10-14-11-7-13(24)18-16(11)21-19(14)20-15(10)17(12)25(27)22(20)23(21)26(18)27/h1-5,10-26H,6-8H2/t10-,11+,12-,13-,14?,15+,16-,17-,18-,19?,20+,21-,22+,23-,24?,25-,26-,27?/m1/s1. The second-order valence-corrected chi connectivity index (χ2v) is 13.2. The first-order chi connectivity index (χ1) is 13.9. The predicted molar refractivity (Wildman–Crippen MR) is 103 cm³/mol. The van der Waals surface area contributed by atoms with Gasteiger partial charge in [0.15, 0.2) is 0 Å². The van der Waals surface area contributed by atoms with Gasteiger partial charge >= 0.3 is 0 Å². The number of para-hydroxylation sites is 1. The summed E-state index contributed by atoms with van der Waals surface area (Å²) in [4.78, 5) is 0. The van der Waals surface area contributed by atoms with E-state index >= 15 is 0 Å². The summed E-state index contributed by atoms with van der Waals surface area (Å²) >= 11 is 0. The van der Waals surface area contributed by atoms with E-state index in [1.807, 2.05) is 0 Å². The molecule has 1 aromatic rings. The zero-order valence-electron chi connectivity index (χ0n) is 16.2. The Balaban J connectivity index is 1.18. The van der Waals surface area contributed by atoms with Crippen molar-refractivity contribution in [3.8, 4) is 5.75 Å². The SMILES string of the molecule is c1ccc(OCC23C4[C@@H]5C[C@@H]6C7C8[C@@H]9[C@@H]6[C@@H]5[C@@H]2[C@@H]9[C@H]2[C@@H]8[C@H]5[C@H]([C@H]23)[C@H]4C[C@@H]75)cc1. The smallest absolute Gasteiger partial charge is 0.119 e. The van der Waals surface area contributed by atoms with Gasteiger partial charge in [-0.25, -0.2) is 0 Å². The highest BCUT2D eigenvalue weighted by Crippen LogP contribution is 2.99. The molecule has 0 aliphatic heterocycles. The minimum absolute atomic E-state index is 0.612. The fourth-order valence-electron chi connectivity index (χ4n) is 15.5.